The maximum absolute atomic E-state index is 13.6. The SMILES string of the molecule is CC(=O)O[C@H]1CCCC2=CC(=O)CC[C@@]21C(F)(F)F. The molecule has 1 saturated carbocycles. The van der Waals surface area contributed by atoms with E-state index in [1.165, 1.54) is 0 Å². The summed E-state index contributed by atoms with van der Waals surface area (Å²) in [6.07, 6.45) is -4.17. The van der Waals surface area contributed by atoms with Crippen LogP contribution in [0.2, 0.25) is 0 Å². The lowest BCUT2D eigenvalue weighted by Gasteiger charge is -2.47. The minimum absolute atomic E-state index is 0.0775. The zero-order valence-corrected chi connectivity index (χ0v) is 10.5. The Morgan fingerprint density at radius 2 is 2.11 bits per heavy atom. The Kier molecular flexibility index (Phi) is 3.45. The largest absolute Gasteiger partial charge is 0.461 e. The third kappa shape index (κ3) is 2.28. The summed E-state index contributed by atoms with van der Waals surface area (Å²) in [5.41, 5.74) is -2.08. The van der Waals surface area contributed by atoms with Crippen LogP contribution >= 0.6 is 0 Å². The van der Waals surface area contributed by atoms with Crippen molar-refractivity contribution in [1.29, 1.82) is 0 Å². The van der Waals surface area contributed by atoms with E-state index in [9.17, 15) is 22.8 Å². The number of esters is 1. The summed E-state index contributed by atoms with van der Waals surface area (Å²) in [7, 11) is 0. The quantitative estimate of drug-likeness (QED) is 0.692. The summed E-state index contributed by atoms with van der Waals surface area (Å²) in [6, 6.07) is 0. The van der Waals surface area contributed by atoms with Crippen molar-refractivity contribution in [1.82, 2.24) is 0 Å². The molecule has 0 aromatic carbocycles. The van der Waals surface area contributed by atoms with Crippen LogP contribution in [0.15, 0.2) is 11.6 Å². The van der Waals surface area contributed by atoms with Gasteiger partial charge in [-0.2, -0.15) is 13.2 Å². The Labute approximate surface area is 108 Å². The number of hydrogen-bond donors (Lipinski definition) is 0. The van der Waals surface area contributed by atoms with E-state index in [4.69, 9.17) is 4.74 Å². The van der Waals surface area contributed by atoms with Gasteiger partial charge in [-0.15, -0.1) is 0 Å². The normalized spacial score (nSPS) is 31.5. The van der Waals surface area contributed by atoms with E-state index in [0.29, 0.717) is 6.42 Å². The first-order valence-corrected chi connectivity index (χ1v) is 6.25. The van der Waals surface area contributed by atoms with Crippen LogP contribution in [-0.4, -0.2) is 24.0 Å². The molecule has 0 N–H and O–H groups in total. The molecule has 0 bridgehead atoms. The average molecular weight is 276 g/mol. The van der Waals surface area contributed by atoms with Gasteiger partial charge in [0.15, 0.2) is 5.78 Å². The maximum atomic E-state index is 13.6. The van der Waals surface area contributed by atoms with Gasteiger partial charge >= 0.3 is 12.1 Å². The van der Waals surface area contributed by atoms with Gasteiger partial charge in [0.1, 0.15) is 11.5 Å². The highest BCUT2D eigenvalue weighted by molar-refractivity contribution is 5.91. The Balaban J connectivity index is 2.48. The number of ketones is 1. The number of alkyl halides is 3. The number of hydrogen-bond acceptors (Lipinski definition) is 3. The van der Waals surface area contributed by atoms with Crippen LogP contribution in [0.1, 0.15) is 39.0 Å². The lowest BCUT2D eigenvalue weighted by atomic mass is 9.62. The van der Waals surface area contributed by atoms with Gasteiger partial charge in [-0.25, -0.2) is 0 Å². The molecule has 2 atom stereocenters. The fourth-order valence-electron chi connectivity index (χ4n) is 3.13. The molecule has 2 aliphatic carbocycles. The number of fused-ring (bicyclic) bond motifs is 1. The van der Waals surface area contributed by atoms with E-state index in [2.05, 4.69) is 0 Å². The minimum atomic E-state index is -4.51. The van der Waals surface area contributed by atoms with Gasteiger partial charge in [-0.1, -0.05) is 0 Å². The van der Waals surface area contributed by atoms with Gasteiger partial charge in [-0.05, 0) is 37.3 Å². The zero-order chi connectivity index (χ0) is 14.3. The molecule has 0 aromatic heterocycles. The van der Waals surface area contributed by atoms with Crippen molar-refractivity contribution in [3.8, 4) is 0 Å². The zero-order valence-electron chi connectivity index (χ0n) is 10.5. The highest BCUT2D eigenvalue weighted by Crippen LogP contribution is 2.57. The van der Waals surface area contributed by atoms with Crippen molar-refractivity contribution in [2.24, 2.45) is 5.41 Å². The molecule has 1 fully saturated rings. The highest BCUT2D eigenvalue weighted by atomic mass is 19.4. The lowest BCUT2D eigenvalue weighted by molar-refractivity contribution is -0.253. The van der Waals surface area contributed by atoms with Crippen molar-refractivity contribution >= 4 is 11.8 Å². The van der Waals surface area contributed by atoms with E-state index in [0.717, 1.165) is 13.0 Å². The van der Waals surface area contributed by atoms with Crippen LogP contribution in [0.3, 0.4) is 0 Å². The lowest BCUT2D eigenvalue weighted by Crippen LogP contribution is -2.54. The van der Waals surface area contributed by atoms with Crippen molar-refractivity contribution in [3.05, 3.63) is 11.6 Å². The molecule has 19 heavy (non-hydrogen) atoms. The maximum Gasteiger partial charge on any atom is 0.401 e. The molecular formula is C13H15F3O3. The van der Waals surface area contributed by atoms with Crippen LogP contribution in [0, 0.1) is 5.41 Å². The van der Waals surface area contributed by atoms with Gasteiger partial charge < -0.3 is 4.74 Å². The van der Waals surface area contributed by atoms with Gasteiger partial charge in [0.25, 0.3) is 0 Å². The van der Waals surface area contributed by atoms with E-state index in [1.54, 1.807) is 0 Å². The van der Waals surface area contributed by atoms with E-state index in [-0.39, 0.29) is 37.0 Å². The van der Waals surface area contributed by atoms with Crippen LogP contribution in [0.25, 0.3) is 0 Å². The molecule has 0 heterocycles. The summed E-state index contributed by atoms with van der Waals surface area (Å²) in [5.74, 6) is -0.995. The summed E-state index contributed by atoms with van der Waals surface area (Å²) in [6.45, 7) is 1.11. The summed E-state index contributed by atoms with van der Waals surface area (Å²) in [4.78, 5) is 22.4. The first-order valence-electron chi connectivity index (χ1n) is 6.25. The minimum Gasteiger partial charge on any atom is -0.461 e. The Morgan fingerprint density at radius 3 is 2.68 bits per heavy atom. The molecular weight excluding hydrogens is 261 g/mol. The number of rotatable bonds is 1. The van der Waals surface area contributed by atoms with Gasteiger partial charge in [-0.3, -0.25) is 9.59 Å². The third-order valence-electron chi connectivity index (χ3n) is 3.95. The van der Waals surface area contributed by atoms with E-state index >= 15 is 0 Å². The van der Waals surface area contributed by atoms with Crippen molar-refractivity contribution < 1.29 is 27.5 Å². The van der Waals surface area contributed by atoms with E-state index < -0.39 is 23.7 Å². The average Bonchev–Trinajstić information content (AvgIpc) is 2.26. The Morgan fingerprint density at radius 1 is 1.42 bits per heavy atom. The Hall–Kier alpha value is -1.33. The second kappa shape index (κ2) is 4.65. The number of carbonyl (C=O) groups is 2. The Bertz CT molecular complexity index is 439. The predicted octanol–water partition coefficient (Wildman–Crippen LogP) is 2.94. The second-order valence-electron chi connectivity index (χ2n) is 5.10. The number of allylic oxidation sites excluding steroid dienone is 1. The molecule has 0 spiro atoms. The first kappa shape index (κ1) is 14.1. The van der Waals surface area contributed by atoms with Crippen molar-refractivity contribution in [2.45, 2.75) is 51.3 Å². The molecule has 2 aliphatic rings. The molecule has 0 saturated heterocycles. The van der Waals surface area contributed by atoms with Crippen LogP contribution in [-0.2, 0) is 14.3 Å². The monoisotopic (exact) mass is 276 g/mol. The number of halogens is 3. The van der Waals surface area contributed by atoms with Gasteiger partial charge in [0.2, 0.25) is 0 Å². The summed E-state index contributed by atoms with van der Waals surface area (Å²) < 4.78 is 45.6. The molecule has 0 aromatic rings. The molecule has 106 valence electrons. The molecule has 0 amide bonds. The van der Waals surface area contributed by atoms with Crippen LogP contribution < -0.4 is 0 Å². The predicted molar refractivity (Wildman–Crippen MR) is 60.2 cm³/mol. The fourth-order valence-corrected chi connectivity index (χ4v) is 3.13. The molecule has 3 nitrogen and oxygen atoms in total. The van der Waals surface area contributed by atoms with E-state index in [1.807, 2.05) is 0 Å². The fraction of sp³-hybridized carbons (Fsp3) is 0.692. The topological polar surface area (TPSA) is 43.4 Å². The smallest absolute Gasteiger partial charge is 0.401 e. The highest BCUT2D eigenvalue weighted by Gasteiger charge is 2.64. The molecule has 0 aliphatic heterocycles. The van der Waals surface area contributed by atoms with Crippen molar-refractivity contribution in [3.63, 3.8) is 0 Å². The van der Waals surface area contributed by atoms with Gasteiger partial charge in [0, 0.05) is 13.3 Å². The number of ether oxygens (including phenoxy) is 1. The molecule has 2 rings (SSSR count). The van der Waals surface area contributed by atoms with Crippen molar-refractivity contribution in [2.75, 3.05) is 0 Å². The molecule has 6 heteroatoms. The van der Waals surface area contributed by atoms with Gasteiger partial charge in [0.05, 0.1) is 0 Å². The second-order valence-corrected chi connectivity index (χ2v) is 5.10. The van der Waals surface area contributed by atoms with Crippen LogP contribution in [0.5, 0.6) is 0 Å². The first-order chi connectivity index (χ1) is 8.77. The number of carbonyl (C=O) groups excluding carboxylic acids is 2. The summed E-state index contributed by atoms with van der Waals surface area (Å²) >= 11 is 0. The third-order valence-corrected chi connectivity index (χ3v) is 3.95. The molecule has 0 radical (unpaired) electrons. The summed E-state index contributed by atoms with van der Waals surface area (Å²) in [5, 5.41) is 0. The molecule has 0 unspecified atom stereocenters. The van der Waals surface area contributed by atoms with Crippen LogP contribution in [0.4, 0.5) is 13.2 Å². The standard InChI is InChI=1S/C13H15F3O3/c1-8(17)19-11-4-2-3-9-7-10(18)5-6-12(9,11)13(14,15)16/h7,11H,2-6H2,1H3/t11-,12+/m0/s1.